The zero-order chi connectivity index (χ0) is 22.1. The summed E-state index contributed by atoms with van der Waals surface area (Å²) in [6, 6.07) is 3.72. The number of nitrogens with one attached hydrogen (secondary N) is 1. The third kappa shape index (κ3) is 4.20. The van der Waals surface area contributed by atoms with Crippen LogP contribution in [0.15, 0.2) is 23.1 Å². The summed E-state index contributed by atoms with van der Waals surface area (Å²) >= 11 is 0. The molecule has 164 valence electrons. The summed E-state index contributed by atoms with van der Waals surface area (Å²) in [5.74, 6) is -0.868. The van der Waals surface area contributed by atoms with Gasteiger partial charge in [0.05, 0.1) is 12.1 Å². The summed E-state index contributed by atoms with van der Waals surface area (Å²) in [7, 11) is -3.95. The van der Waals surface area contributed by atoms with Crippen LogP contribution in [0.1, 0.15) is 47.9 Å². The maximum atomic E-state index is 12.9. The second-order valence-electron chi connectivity index (χ2n) is 7.83. The number of hydrogen-bond donors (Lipinski definition) is 1. The Morgan fingerprint density at radius 2 is 1.80 bits per heavy atom. The first-order valence-corrected chi connectivity index (χ1v) is 11.6. The van der Waals surface area contributed by atoms with Gasteiger partial charge in [-0.25, -0.2) is 12.7 Å². The molecule has 2 aliphatic rings. The molecule has 1 aromatic rings. The highest BCUT2D eigenvalue weighted by molar-refractivity contribution is 7.90. The van der Waals surface area contributed by atoms with Gasteiger partial charge >= 0.3 is 0 Å². The molecule has 1 saturated heterocycles. The largest absolute Gasteiger partial charge is 0.355 e. The normalized spacial score (nSPS) is 18.6. The molecule has 0 spiro atoms. The molecule has 3 rings (SSSR count). The predicted octanol–water partition coefficient (Wildman–Crippen LogP) is 0.524. The molecule has 10 heteroatoms. The van der Waals surface area contributed by atoms with Crippen molar-refractivity contribution in [1.82, 2.24) is 19.4 Å². The average molecular weight is 437 g/mol. The molecule has 1 fully saturated rings. The van der Waals surface area contributed by atoms with Crippen LogP contribution in [0.2, 0.25) is 0 Å². The van der Waals surface area contributed by atoms with E-state index in [-0.39, 0.29) is 27.8 Å². The zero-order valence-electron chi connectivity index (χ0n) is 17.6. The van der Waals surface area contributed by atoms with Crippen LogP contribution < -0.4 is 5.32 Å². The fraction of sp³-hybridized carbons (Fsp3) is 0.550. The van der Waals surface area contributed by atoms with Crippen molar-refractivity contribution in [2.75, 3.05) is 39.3 Å². The van der Waals surface area contributed by atoms with Crippen LogP contribution >= 0.6 is 0 Å². The van der Waals surface area contributed by atoms with Crippen molar-refractivity contribution < 1.29 is 22.8 Å². The molecule has 0 atom stereocenters. The summed E-state index contributed by atoms with van der Waals surface area (Å²) < 4.78 is 26.3. The summed E-state index contributed by atoms with van der Waals surface area (Å²) in [5.41, 5.74) is 0.341. The number of rotatable bonds is 6. The summed E-state index contributed by atoms with van der Waals surface area (Å²) in [5, 5.41) is 2.84. The zero-order valence-corrected chi connectivity index (χ0v) is 18.4. The van der Waals surface area contributed by atoms with Crippen molar-refractivity contribution in [3.63, 3.8) is 0 Å². The van der Waals surface area contributed by atoms with E-state index in [1.807, 2.05) is 11.8 Å². The number of nitrogens with zero attached hydrogens (tertiary/aromatic N) is 3. The SMILES string of the molecule is CCCNC(=O)CN1CCN(C(=O)c2ccc3c(c2)S(=O)(=O)N(C(C)C)C3=O)CC1. The van der Waals surface area contributed by atoms with E-state index in [1.54, 1.807) is 18.7 Å². The molecule has 1 aromatic carbocycles. The van der Waals surface area contributed by atoms with Crippen molar-refractivity contribution in [2.45, 2.75) is 38.1 Å². The first kappa shape index (κ1) is 22.2. The quantitative estimate of drug-likeness (QED) is 0.697. The van der Waals surface area contributed by atoms with E-state index < -0.39 is 22.0 Å². The lowest BCUT2D eigenvalue weighted by molar-refractivity contribution is -0.122. The topological polar surface area (TPSA) is 107 Å². The van der Waals surface area contributed by atoms with E-state index in [2.05, 4.69) is 5.32 Å². The Morgan fingerprint density at radius 3 is 2.40 bits per heavy atom. The van der Waals surface area contributed by atoms with Gasteiger partial charge in [0.15, 0.2) is 0 Å². The number of benzene rings is 1. The Hall–Kier alpha value is -2.46. The number of hydrogen-bond acceptors (Lipinski definition) is 6. The molecule has 2 heterocycles. The van der Waals surface area contributed by atoms with Crippen LogP contribution in [-0.2, 0) is 14.8 Å². The minimum atomic E-state index is -3.95. The Balaban J connectivity index is 1.68. The first-order chi connectivity index (χ1) is 14.2. The summed E-state index contributed by atoms with van der Waals surface area (Å²) in [4.78, 5) is 40.7. The number of sulfonamides is 1. The lowest BCUT2D eigenvalue weighted by Gasteiger charge is -2.34. The second kappa shape index (κ2) is 8.73. The molecule has 2 aliphatic heterocycles. The molecule has 1 N–H and O–H groups in total. The smallest absolute Gasteiger partial charge is 0.269 e. The Morgan fingerprint density at radius 1 is 1.13 bits per heavy atom. The van der Waals surface area contributed by atoms with Crippen LogP contribution in [0.3, 0.4) is 0 Å². The molecular weight excluding hydrogens is 408 g/mol. The van der Waals surface area contributed by atoms with E-state index in [0.29, 0.717) is 39.3 Å². The highest BCUT2D eigenvalue weighted by Gasteiger charge is 2.43. The molecule has 0 aliphatic carbocycles. The van der Waals surface area contributed by atoms with E-state index in [0.717, 1.165) is 10.7 Å². The molecule has 0 saturated carbocycles. The van der Waals surface area contributed by atoms with Crippen LogP contribution in [0, 0.1) is 0 Å². The van der Waals surface area contributed by atoms with Crippen molar-refractivity contribution in [1.29, 1.82) is 0 Å². The lowest BCUT2D eigenvalue weighted by atomic mass is 10.1. The summed E-state index contributed by atoms with van der Waals surface area (Å²) in [6.45, 7) is 8.22. The molecule has 3 amide bonds. The molecule has 9 nitrogen and oxygen atoms in total. The Kier molecular flexibility index (Phi) is 6.47. The number of amides is 3. The van der Waals surface area contributed by atoms with Gasteiger partial charge in [0.1, 0.15) is 4.90 Å². The van der Waals surface area contributed by atoms with Gasteiger partial charge in [0.2, 0.25) is 5.91 Å². The maximum Gasteiger partial charge on any atom is 0.269 e. The average Bonchev–Trinajstić information content (AvgIpc) is 2.91. The van der Waals surface area contributed by atoms with Gasteiger partial charge in [0.25, 0.3) is 21.8 Å². The highest BCUT2D eigenvalue weighted by atomic mass is 32.2. The van der Waals surface area contributed by atoms with Gasteiger partial charge in [-0.15, -0.1) is 0 Å². The van der Waals surface area contributed by atoms with Crippen LogP contribution in [-0.4, -0.2) is 85.6 Å². The van der Waals surface area contributed by atoms with E-state index in [9.17, 15) is 22.8 Å². The number of carbonyl (C=O) groups excluding carboxylic acids is 3. The van der Waals surface area contributed by atoms with Crippen LogP contribution in [0.25, 0.3) is 0 Å². The Bertz CT molecular complexity index is 952. The predicted molar refractivity (Wildman–Crippen MR) is 111 cm³/mol. The van der Waals surface area contributed by atoms with Crippen LogP contribution in [0.5, 0.6) is 0 Å². The fourth-order valence-corrected chi connectivity index (χ4v) is 5.50. The molecule has 0 bridgehead atoms. The lowest BCUT2D eigenvalue weighted by Crippen LogP contribution is -2.51. The van der Waals surface area contributed by atoms with Gasteiger partial charge in [-0.1, -0.05) is 6.92 Å². The first-order valence-electron chi connectivity index (χ1n) is 10.2. The maximum absolute atomic E-state index is 12.9. The fourth-order valence-electron chi connectivity index (χ4n) is 3.71. The number of carbonyl (C=O) groups is 3. The monoisotopic (exact) mass is 436 g/mol. The van der Waals surface area contributed by atoms with Gasteiger partial charge in [0, 0.05) is 44.3 Å². The van der Waals surface area contributed by atoms with Gasteiger partial charge < -0.3 is 10.2 Å². The number of piperazine rings is 1. The molecule has 30 heavy (non-hydrogen) atoms. The van der Waals surface area contributed by atoms with E-state index >= 15 is 0 Å². The van der Waals surface area contributed by atoms with E-state index in [4.69, 9.17) is 0 Å². The van der Waals surface area contributed by atoms with Crippen molar-refractivity contribution >= 4 is 27.7 Å². The van der Waals surface area contributed by atoms with Crippen molar-refractivity contribution in [3.8, 4) is 0 Å². The minimum Gasteiger partial charge on any atom is -0.355 e. The standard InChI is InChI=1S/C20H28N4O5S/c1-4-7-21-18(25)13-22-8-10-23(11-9-22)19(26)15-5-6-16-17(12-15)30(28,29)24(14(2)3)20(16)27/h5-6,12,14H,4,7-11,13H2,1-3H3,(H,21,25). The van der Waals surface area contributed by atoms with Gasteiger partial charge in [-0.05, 0) is 38.5 Å². The van der Waals surface area contributed by atoms with Crippen LogP contribution in [0.4, 0.5) is 0 Å². The highest BCUT2D eigenvalue weighted by Crippen LogP contribution is 2.32. The Labute approximate surface area is 177 Å². The van der Waals surface area contributed by atoms with E-state index in [1.165, 1.54) is 18.2 Å². The molecule has 0 aromatic heterocycles. The summed E-state index contributed by atoms with van der Waals surface area (Å²) in [6.07, 6.45) is 0.880. The molecule has 0 radical (unpaired) electrons. The number of fused-ring (bicyclic) bond motifs is 1. The molecular formula is C20H28N4O5S. The third-order valence-electron chi connectivity index (χ3n) is 5.26. The minimum absolute atomic E-state index is 0.0279. The van der Waals surface area contributed by atoms with Crippen molar-refractivity contribution in [3.05, 3.63) is 29.3 Å². The van der Waals surface area contributed by atoms with Crippen molar-refractivity contribution in [2.24, 2.45) is 0 Å². The van der Waals surface area contributed by atoms with Gasteiger partial charge in [-0.3, -0.25) is 19.3 Å². The van der Waals surface area contributed by atoms with Gasteiger partial charge in [-0.2, -0.15) is 0 Å². The molecule has 0 unspecified atom stereocenters. The second-order valence-corrected chi connectivity index (χ2v) is 9.61. The third-order valence-corrected chi connectivity index (χ3v) is 7.26.